The van der Waals surface area contributed by atoms with Crippen LogP contribution in [-0.4, -0.2) is 33.2 Å². The summed E-state index contributed by atoms with van der Waals surface area (Å²) in [5.74, 6) is 1.35. The summed E-state index contributed by atoms with van der Waals surface area (Å²) in [5.41, 5.74) is 1.10. The molecule has 1 amide bonds. The lowest BCUT2D eigenvalue weighted by atomic mass is 10.2. The highest BCUT2D eigenvalue weighted by Crippen LogP contribution is 2.36. The average Bonchev–Trinajstić information content (AvgIpc) is 3.04. The zero-order chi connectivity index (χ0) is 15.0. The van der Waals surface area contributed by atoms with E-state index in [0.29, 0.717) is 42.6 Å². The number of carbonyl (C=O) groups excluding carboxylic acids is 1. The van der Waals surface area contributed by atoms with E-state index in [9.17, 15) is 13.2 Å². The van der Waals surface area contributed by atoms with Crippen LogP contribution in [0, 0.1) is 11.8 Å². The number of hydrogen-bond donors (Lipinski definition) is 1. The highest BCUT2D eigenvalue weighted by molar-refractivity contribution is 7.93. The van der Waals surface area contributed by atoms with Crippen molar-refractivity contribution in [3.8, 4) is 0 Å². The minimum atomic E-state index is -3.20. The Morgan fingerprint density at radius 2 is 2.19 bits per heavy atom. The normalized spacial score (nSPS) is 26.6. The molecule has 2 aliphatic rings. The maximum Gasteiger partial charge on any atom is 0.251 e. The van der Waals surface area contributed by atoms with Crippen LogP contribution in [0.15, 0.2) is 24.3 Å². The molecule has 114 valence electrons. The zero-order valence-electron chi connectivity index (χ0n) is 12.1. The average molecular weight is 308 g/mol. The van der Waals surface area contributed by atoms with E-state index in [1.807, 2.05) is 0 Å². The Hall–Kier alpha value is -1.56. The van der Waals surface area contributed by atoms with Crippen molar-refractivity contribution >= 4 is 21.6 Å². The van der Waals surface area contributed by atoms with E-state index in [4.69, 9.17) is 0 Å². The number of nitrogens with one attached hydrogen (secondary N) is 1. The van der Waals surface area contributed by atoms with Gasteiger partial charge in [-0.05, 0) is 42.9 Å². The van der Waals surface area contributed by atoms with Crippen molar-refractivity contribution in [2.24, 2.45) is 11.8 Å². The van der Waals surface area contributed by atoms with Gasteiger partial charge >= 0.3 is 0 Å². The molecule has 1 saturated carbocycles. The molecule has 5 nitrogen and oxygen atoms in total. The standard InChI is InChI=1S/C15H20N2O3S/c1-11-8-13(11)10-16-15(18)12-4-2-5-14(9-12)17-6-3-7-21(17,19)20/h2,4-5,9,11,13H,3,6-8,10H2,1H3,(H,16,18)/t11-,13+/m0/s1. The van der Waals surface area contributed by atoms with Gasteiger partial charge in [0.2, 0.25) is 10.0 Å². The van der Waals surface area contributed by atoms with Crippen molar-refractivity contribution in [2.75, 3.05) is 23.1 Å². The SMILES string of the molecule is C[C@H]1C[C@@H]1CNC(=O)c1cccc(N2CCCS2(=O)=O)c1. The number of sulfonamides is 1. The van der Waals surface area contributed by atoms with Crippen LogP contribution in [0.3, 0.4) is 0 Å². The van der Waals surface area contributed by atoms with Crippen LogP contribution in [0.1, 0.15) is 30.1 Å². The van der Waals surface area contributed by atoms with Gasteiger partial charge in [-0.1, -0.05) is 13.0 Å². The Bertz CT molecular complexity index is 657. The molecule has 2 atom stereocenters. The molecule has 0 spiro atoms. The predicted octanol–water partition coefficient (Wildman–Crippen LogP) is 1.61. The van der Waals surface area contributed by atoms with Crippen molar-refractivity contribution in [3.05, 3.63) is 29.8 Å². The second-order valence-electron chi connectivity index (χ2n) is 5.98. The first-order chi connectivity index (χ1) is 9.97. The molecule has 1 N–H and O–H groups in total. The van der Waals surface area contributed by atoms with Crippen LogP contribution >= 0.6 is 0 Å². The van der Waals surface area contributed by atoms with Crippen molar-refractivity contribution < 1.29 is 13.2 Å². The lowest BCUT2D eigenvalue weighted by Crippen LogP contribution is -2.27. The highest BCUT2D eigenvalue weighted by Gasteiger charge is 2.32. The van der Waals surface area contributed by atoms with Gasteiger partial charge in [0.25, 0.3) is 5.91 Å². The van der Waals surface area contributed by atoms with Crippen molar-refractivity contribution in [3.63, 3.8) is 0 Å². The fourth-order valence-electron chi connectivity index (χ4n) is 2.74. The third-order valence-electron chi connectivity index (χ3n) is 4.30. The first-order valence-electron chi connectivity index (χ1n) is 7.36. The number of benzene rings is 1. The van der Waals surface area contributed by atoms with Crippen LogP contribution in [0.4, 0.5) is 5.69 Å². The number of carbonyl (C=O) groups is 1. The van der Waals surface area contributed by atoms with E-state index in [2.05, 4.69) is 12.2 Å². The molecule has 0 bridgehead atoms. The Balaban J connectivity index is 1.72. The third-order valence-corrected chi connectivity index (χ3v) is 6.17. The molecular formula is C15H20N2O3S. The molecule has 1 aliphatic heterocycles. The van der Waals surface area contributed by atoms with E-state index < -0.39 is 10.0 Å². The van der Waals surface area contributed by atoms with Gasteiger partial charge in [0.05, 0.1) is 11.4 Å². The topological polar surface area (TPSA) is 66.5 Å². The van der Waals surface area contributed by atoms with Crippen LogP contribution in [0.2, 0.25) is 0 Å². The number of anilines is 1. The van der Waals surface area contributed by atoms with Crippen LogP contribution in [0.5, 0.6) is 0 Å². The van der Waals surface area contributed by atoms with Gasteiger partial charge in [0, 0.05) is 18.7 Å². The summed E-state index contributed by atoms with van der Waals surface area (Å²) in [7, 11) is -3.20. The lowest BCUT2D eigenvalue weighted by molar-refractivity contribution is 0.0951. The molecule has 1 aromatic carbocycles. The van der Waals surface area contributed by atoms with E-state index in [0.717, 1.165) is 0 Å². The molecule has 0 aromatic heterocycles. The number of rotatable bonds is 4. The molecule has 2 fully saturated rings. The number of nitrogens with zero attached hydrogens (tertiary/aromatic N) is 1. The Morgan fingerprint density at radius 1 is 1.43 bits per heavy atom. The lowest BCUT2D eigenvalue weighted by Gasteiger charge is -2.17. The van der Waals surface area contributed by atoms with Crippen LogP contribution in [0.25, 0.3) is 0 Å². The smallest absolute Gasteiger partial charge is 0.251 e. The molecule has 21 heavy (non-hydrogen) atoms. The first kappa shape index (κ1) is 14.4. The molecule has 1 saturated heterocycles. The van der Waals surface area contributed by atoms with Gasteiger partial charge in [-0.25, -0.2) is 8.42 Å². The van der Waals surface area contributed by atoms with Gasteiger partial charge in [0.15, 0.2) is 0 Å². The minimum absolute atomic E-state index is 0.132. The summed E-state index contributed by atoms with van der Waals surface area (Å²) in [6.07, 6.45) is 1.81. The maximum absolute atomic E-state index is 12.1. The monoisotopic (exact) mass is 308 g/mol. The summed E-state index contributed by atoms with van der Waals surface area (Å²) in [6, 6.07) is 6.85. The molecule has 0 unspecified atom stereocenters. The van der Waals surface area contributed by atoms with Crippen molar-refractivity contribution in [1.82, 2.24) is 5.32 Å². The molecule has 6 heteroatoms. The summed E-state index contributed by atoms with van der Waals surface area (Å²) in [5, 5.41) is 2.92. The quantitative estimate of drug-likeness (QED) is 0.919. The summed E-state index contributed by atoms with van der Waals surface area (Å²) in [4.78, 5) is 12.1. The van der Waals surface area contributed by atoms with E-state index in [1.54, 1.807) is 24.3 Å². The molecular weight excluding hydrogens is 288 g/mol. The summed E-state index contributed by atoms with van der Waals surface area (Å²) >= 11 is 0. The first-order valence-corrected chi connectivity index (χ1v) is 8.97. The number of amides is 1. The van der Waals surface area contributed by atoms with E-state index >= 15 is 0 Å². The van der Waals surface area contributed by atoms with Gasteiger partial charge < -0.3 is 5.32 Å². The van der Waals surface area contributed by atoms with Gasteiger partial charge in [-0.3, -0.25) is 9.10 Å². The Labute approximate surface area is 125 Å². The van der Waals surface area contributed by atoms with Gasteiger partial charge in [-0.2, -0.15) is 0 Å². The predicted molar refractivity (Wildman–Crippen MR) is 81.8 cm³/mol. The Kier molecular flexibility index (Phi) is 3.65. The Morgan fingerprint density at radius 3 is 2.81 bits per heavy atom. The fraction of sp³-hybridized carbons (Fsp3) is 0.533. The molecule has 3 rings (SSSR count). The van der Waals surface area contributed by atoms with Crippen LogP contribution in [-0.2, 0) is 10.0 Å². The number of hydrogen-bond acceptors (Lipinski definition) is 3. The van der Waals surface area contributed by atoms with Gasteiger partial charge in [-0.15, -0.1) is 0 Å². The van der Waals surface area contributed by atoms with E-state index in [1.165, 1.54) is 10.7 Å². The van der Waals surface area contributed by atoms with Gasteiger partial charge in [0.1, 0.15) is 0 Å². The van der Waals surface area contributed by atoms with Crippen molar-refractivity contribution in [2.45, 2.75) is 19.8 Å². The summed E-state index contributed by atoms with van der Waals surface area (Å²) in [6.45, 7) is 3.37. The maximum atomic E-state index is 12.1. The second-order valence-corrected chi connectivity index (χ2v) is 7.99. The molecule has 1 aromatic rings. The summed E-state index contributed by atoms with van der Waals surface area (Å²) < 4.78 is 25.3. The van der Waals surface area contributed by atoms with Crippen molar-refractivity contribution in [1.29, 1.82) is 0 Å². The highest BCUT2D eigenvalue weighted by atomic mass is 32.2. The zero-order valence-corrected chi connectivity index (χ0v) is 12.9. The molecule has 0 radical (unpaired) electrons. The molecule has 1 aliphatic carbocycles. The van der Waals surface area contributed by atoms with E-state index in [-0.39, 0.29) is 11.7 Å². The van der Waals surface area contributed by atoms with Crippen LogP contribution < -0.4 is 9.62 Å². The largest absolute Gasteiger partial charge is 0.352 e. The fourth-order valence-corrected chi connectivity index (χ4v) is 4.30. The third kappa shape index (κ3) is 3.05. The second kappa shape index (κ2) is 5.33. The minimum Gasteiger partial charge on any atom is -0.352 e. The molecule has 1 heterocycles.